The van der Waals surface area contributed by atoms with Gasteiger partial charge in [-0.2, -0.15) is 11.3 Å². The average Bonchev–Trinajstić information content (AvgIpc) is 3.16. The van der Waals surface area contributed by atoms with Crippen molar-refractivity contribution < 1.29 is 4.79 Å². The molecule has 1 atom stereocenters. The summed E-state index contributed by atoms with van der Waals surface area (Å²) in [5.74, 6) is -0.0401. The van der Waals surface area contributed by atoms with Gasteiger partial charge < -0.3 is 10.2 Å². The number of amides is 1. The van der Waals surface area contributed by atoms with E-state index in [4.69, 9.17) is 0 Å². The topological polar surface area (TPSA) is 32.3 Å². The fourth-order valence-corrected chi connectivity index (χ4v) is 3.51. The maximum Gasteiger partial charge on any atom is 0.251 e. The number of likely N-dealkylation sites (N-methyl/N-ethyl adjacent to an activating group) is 1. The van der Waals surface area contributed by atoms with E-state index in [-0.39, 0.29) is 11.9 Å². The highest BCUT2D eigenvalue weighted by molar-refractivity contribution is 7.07. The number of hydrogen-bond donors (Lipinski definition) is 1. The first-order chi connectivity index (χ1) is 12.1. The number of rotatable bonds is 6. The van der Waals surface area contributed by atoms with Crippen LogP contribution in [0.5, 0.6) is 0 Å². The monoisotopic (exact) mass is 350 g/mol. The molecule has 128 valence electrons. The third-order valence-electron chi connectivity index (χ3n) is 4.26. The predicted octanol–water partition coefficient (Wildman–Crippen LogP) is 4.45. The van der Waals surface area contributed by atoms with E-state index in [2.05, 4.69) is 39.2 Å². The van der Waals surface area contributed by atoms with Crippen LogP contribution in [0.1, 0.15) is 22.0 Å². The van der Waals surface area contributed by atoms with Crippen LogP contribution in [-0.4, -0.2) is 31.4 Å². The number of nitrogens with zero attached hydrogens (tertiary/aromatic N) is 1. The van der Waals surface area contributed by atoms with Gasteiger partial charge in [-0.05, 0) is 59.7 Å². The second-order valence-electron chi connectivity index (χ2n) is 6.19. The Morgan fingerprint density at radius 3 is 2.28 bits per heavy atom. The van der Waals surface area contributed by atoms with Crippen LogP contribution < -0.4 is 5.32 Å². The largest absolute Gasteiger partial charge is 0.350 e. The molecule has 3 aromatic rings. The zero-order valence-electron chi connectivity index (χ0n) is 14.5. The minimum atomic E-state index is -0.0401. The van der Waals surface area contributed by atoms with Crippen LogP contribution in [-0.2, 0) is 0 Å². The molecule has 0 unspecified atom stereocenters. The quantitative estimate of drug-likeness (QED) is 0.712. The molecule has 0 fully saturated rings. The Kier molecular flexibility index (Phi) is 5.64. The summed E-state index contributed by atoms with van der Waals surface area (Å²) in [6.45, 7) is 0.586. The molecule has 0 aliphatic heterocycles. The second-order valence-corrected chi connectivity index (χ2v) is 6.97. The highest BCUT2D eigenvalue weighted by atomic mass is 32.1. The van der Waals surface area contributed by atoms with E-state index >= 15 is 0 Å². The van der Waals surface area contributed by atoms with E-state index in [9.17, 15) is 4.79 Å². The molecular weight excluding hydrogens is 328 g/mol. The van der Waals surface area contributed by atoms with Gasteiger partial charge >= 0.3 is 0 Å². The van der Waals surface area contributed by atoms with E-state index < -0.39 is 0 Å². The Hall–Kier alpha value is -2.43. The van der Waals surface area contributed by atoms with Gasteiger partial charge in [0.1, 0.15) is 0 Å². The zero-order chi connectivity index (χ0) is 17.6. The lowest BCUT2D eigenvalue weighted by atomic mass is 10.0. The van der Waals surface area contributed by atoms with Crippen molar-refractivity contribution in [3.63, 3.8) is 0 Å². The predicted molar refractivity (Wildman–Crippen MR) is 105 cm³/mol. The standard InChI is InChI=1S/C21H22N2OS/c1-23(2)20(19-12-13-25-15-19)14-22-21(24)18-10-8-17(9-11-18)16-6-4-3-5-7-16/h3-13,15,20H,14H2,1-2H3,(H,22,24)/t20-/m0/s1. The van der Waals surface area contributed by atoms with Crippen LogP contribution in [0.15, 0.2) is 71.4 Å². The third-order valence-corrected chi connectivity index (χ3v) is 4.96. The van der Waals surface area contributed by atoms with E-state index in [1.807, 2.05) is 56.6 Å². The van der Waals surface area contributed by atoms with Crippen LogP contribution >= 0.6 is 11.3 Å². The van der Waals surface area contributed by atoms with Crippen molar-refractivity contribution in [2.75, 3.05) is 20.6 Å². The summed E-state index contributed by atoms with van der Waals surface area (Å²) in [4.78, 5) is 14.6. The van der Waals surface area contributed by atoms with E-state index in [0.29, 0.717) is 12.1 Å². The van der Waals surface area contributed by atoms with Gasteiger partial charge in [0, 0.05) is 12.1 Å². The first kappa shape index (κ1) is 17.4. The molecule has 0 saturated heterocycles. The number of thiophene rings is 1. The summed E-state index contributed by atoms with van der Waals surface area (Å²) in [7, 11) is 4.06. The molecule has 0 aliphatic rings. The highest BCUT2D eigenvalue weighted by Gasteiger charge is 2.16. The first-order valence-corrected chi connectivity index (χ1v) is 9.21. The molecule has 0 spiro atoms. The maximum atomic E-state index is 12.5. The molecule has 4 heteroatoms. The minimum Gasteiger partial charge on any atom is -0.350 e. The van der Waals surface area contributed by atoms with Crippen LogP contribution in [0.2, 0.25) is 0 Å². The molecule has 1 N–H and O–H groups in total. The number of benzene rings is 2. The molecule has 3 nitrogen and oxygen atoms in total. The summed E-state index contributed by atoms with van der Waals surface area (Å²) in [6, 6.07) is 20.2. The number of carbonyl (C=O) groups excluding carboxylic acids is 1. The summed E-state index contributed by atoms with van der Waals surface area (Å²) < 4.78 is 0. The third kappa shape index (κ3) is 4.35. The Morgan fingerprint density at radius 1 is 1.00 bits per heavy atom. The lowest BCUT2D eigenvalue weighted by molar-refractivity contribution is 0.0942. The van der Waals surface area contributed by atoms with Gasteiger partial charge in [-0.25, -0.2) is 0 Å². The molecule has 0 aliphatic carbocycles. The van der Waals surface area contributed by atoms with Gasteiger partial charge in [-0.1, -0.05) is 42.5 Å². The van der Waals surface area contributed by atoms with Crippen LogP contribution in [0.4, 0.5) is 0 Å². The van der Waals surface area contributed by atoms with Crippen molar-refractivity contribution in [1.29, 1.82) is 0 Å². The highest BCUT2D eigenvalue weighted by Crippen LogP contribution is 2.21. The molecule has 2 aromatic carbocycles. The Morgan fingerprint density at radius 2 is 1.68 bits per heavy atom. The molecule has 1 heterocycles. The van der Waals surface area contributed by atoms with Gasteiger partial charge in [-0.3, -0.25) is 4.79 Å². The van der Waals surface area contributed by atoms with Crippen molar-refractivity contribution >= 4 is 17.2 Å². The van der Waals surface area contributed by atoms with Crippen molar-refractivity contribution in [2.45, 2.75) is 6.04 Å². The molecule has 0 saturated carbocycles. The molecule has 0 radical (unpaired) electrons. The summed E-state index contributed by atoms with van der Waals surface area (Å²) in [6.07, 6.45) is 0. The van der Waals surface area contributed by atoms with E-state index in [1.165, 1.54) is 5.56 Å². The minimum absolute atomic E-state index is 0.0401. The molecule has 0 bridgehead atoms. The SMILES string of the molecule is CN(C)[C@@H](CNC(=O)c1ccc(-c2ccccc2)cc1)c1ccsc1. The molecule has 1 amide bonds. The Labute approximate surface area is 152 Å². The Balaban J connectivity index is 1.65. The number of hydrogen-bond acceptors (Lipinski definition) is 3. The average molecular weight is 350 g/mol. The van der Waals surface area contributed by atoms with Crippen LogP contribution in [0.3, 0.4) is 0 Å². The molecule has 1 aromatic heterocycles. The van der Waals surface area contributed by atoms with Gasteiger partial charge in [0.2, 0.25) is 0 Å². The lowest BCUT2D eigenvalue weighted by Crippen LogP contribution is -2.34. The van der Waals surface area contributed by atoms with Gasteiger partial charge in [0.15, 0.2) is 0 Å². The van der Waals surface area contributed by atoms with Crippen molar-refractivity contribution in [1.82, 2.24) is 10.2 Å². The first-order valence-electron chi connectivity index (χ1n) is 8.27. The lowest BCUT2D eigenvalue weighted by Gasteiger charge is -2.24. The second kappa shape index (κ2) is 8.10. The van der Waals surface area contributed by atoms with Gasteiger partial charge in [0.25, 0.3) is 5.91 Å². The van der Waals surface area contributed by atoms with Crippen molar-refractivity contribution in [2.24, 2.45) is 0 Å². The number of nitrogens with one attached hydrogen (secondary N) is 1. The maximum absolute atomic E-state index is 12.5. The summed E-state index contributed by atoms with van der Waals surface area (Å²) in [5, 5.41) is 7.25. The molecular formula is C21H22N2OS. The number of carbonyl (C=O) groups is 1. The smallest absolute Gasteiger partial charge is 0.251 e. The van der Waals surface area contributed by atoms with Crippen molar-refractivity contribution in [3.05, 3.63) is 82.6 Å². The van der Waals surface area contributed by atoms with Crippen LogP contribution in [0, 0.1) is 0 Å². The summed E-state index contributed by atoms with van der Waals surface area (Å²) in [5.41, 5.74) is 4.18. The van der Waals surface area contributed by atoms with E-state index in [0.717, 1.165) is 11.1 Å². The van der Waals surface area contributed by atoms with E-state index in [1.54, 1.807) is 11.3 Å². The van der Waals surface area contributed by atoms with Crippen LogP contribution in [0.25, 0.3) is 11.1 Å². The Bertz CT molecular complexity index is 796. The van der Waals surface area contributed by atoms with Gasteiger partial charge in [-0.15, -0.1) is 0 Å². The molecule has 25 heavy (non-hydrogen) atoms. The van der Waals surface area contributed by atoms with Gasteiger partial charge in [0.05, 0.1) is 6.04 Å². The normalized spacial score (nSPS) is 12.1. The molecule has 3 rings (SSSR count). The fraction of sp³-hybridized carbons (Fsp3) is 0.190. The zero-order valence-corrected chi connectivity index (χ0v) is 15.3. The van der Waals surface area contributed by atoms with Crippen molar-refractivity contribution in [3.8, 4) is 11.1 Å². The summed E-state index contributed by atoms with van der Waals surface area (Å²) >= 11 is 1.68. The fourth-order valence-electron chi connectivity index (χ4n) is 2.80.